The minimum Gasteiger partial charge on any atom is -0.436 e. The number of nitrogens with zero attached hydrogens (tertiary/aromatic N) is 1. The second-order valence-corrected chi connectivity index (χ2v) is 1.85. The molecular weight excluding hydrogens is 166 g/mol. The molecule has 0 fully saturated rings. The molecule has 0 bridgehead atoms. The van der Waals surface area contributed by atoms with E-state index in [1.807, 2.05) is 0 Å². The molecular formula is C6H5NO5. The van der Waals surface area contributed by atoms with Gasteiger partial charge in [0.15, 0.2) is 0 Å². The second-order valence-electron chi connectivity index (χ2n) is 1.85. The maximum absolute atomic E-state index is 10.7. The lowest BCUT2D eigenvalue weighted by molar-refractivity contribution is -0.174. The lowest BCUT2D eigenvalue weighted by Crippen LogP contribution is -2.32. The number of carbonyl (C=O) groups is 3. The normalized spacial score (nSPS) is 15.2. The highest BCUT2D eigenvalue weighted by Crippen LogP contribution is 2.04. The van der Waals surface area contributed by atoms with Gasteiger partial charge in [0.2, 0.25) is 0 Å². The molecule has 0 aromatic carbocycles. The Morgan fingerprint density at radius 1 is 1.33 bits per heavy atom. The van der Waals surface area contributed by atoms with Crippen molar-refractivity contribution in [3.63, 3.8) is 0 Å². The van der Waals surface area contributed by atoms with Crippen molar-refractivity contribution < 1.29 is 24.0 Å². The maximum atomic E-state index is 10.7. The number of ether oxygens (including phenoxy) is 1. The van der Waals surface area contributed by atoms with Gasteiger partial charge in [-0.2, -0.15) is 0 Å². The molecule has 6 nitrogen and oxygen atoms in total. The summed E-state index contributed by atoms with van der Waals surface area (Å²) in [6.07, 6.45) is 0.872. The van der Waals surface area contributed by atoms with Crippen LogP contribution in [0.4, 0.5) is 4.79 Å². The third kappa shape index (κ3) is 1.42. The van der Waals surface area contributed by atoms with Crippen LogP contribution < -0.4 is 0 Å². The molecule has 0 saturated carbocycles. The van der Waals surface area contributed by atoms with Crippen molar-refractivity contribution in [2.24, 2.45) is 0 Å². The molecule has 12 heavy (non-hydrogen) atoms. The van der Waals surface area contributed by atoms with E-state index in [2.05, 4.69) is 9.57 Å². The molecule has 0 unspecified atom stereocenters. The van der Waals surface area contributed by atoms with E-state index in [0.717, 1.165) is 19.3 Å². The van der Waals surface area contributed by atoms with Gasteiger partial charge in [-0.1, -0.05) is 5.06 Å². The number of hydrogen-bond acceptors (Lipinski definition) is 5. The molecule has 6 heteroatoms. The van der Waals surface area contributed by atoms with Crippen molar-refractivity contribution in [3.8, 4) is 0 Å². The van der Waals surface area contributed by atoms with Crippen LogP contribution in [0.25, 0.3) is 0 Å². The number of imide groups is 1. The summed E-state index contributed by atoms with van der Waals surface area (Å²) < 4.78 is 4.07. The van der Waals surface area contributed by atoms with Crippen molar-refractivity contribution in [2.75, 3.05) is 7.11 Å². The summed E-state index contributed by atoms with van der Waals surface area (Å²) >= 11 is 0. The largest absolute Gasteiger partial charge is 0.533 e. The van der Waals surface area contributed by atoms with E-state index in [1.165, 1.54) is 0 Å². The Morgan fingerprint density at radius 2 is 1.83 bits per heavy atom. The van der Waals surface area contributed by atoms with Gasteiger partial charge in [0.25, 0.3) is 11.8 Å². The number of hydroxylamine groups is 2. The van der Waals surface area contributed by atoms with Gasteiger partial charge >= 0.3 is 6.16 Å². The summed E-state index contributed by atoms with van der Waals surface area (Å²) in [5.41, 5.74) is 0. The van der Waals surface area contributed by atoms with Gasteiger partial charge in [0, 0.05) is 12.2 Å². The topological polar surface area (TPSA) is 72.9 Å². The van der Waals surface area contributed by atoms with Crippen LogP contribution in [0.15, 0.2) is 12.2 Å². The Morgan fingerprint density at radius 3 is 2.25 bits per heavy atom. The predicted molar refractivity (Wildman–Crippen MR) is 34.5 cm³/mol. The van der Waals surface area contributed by atoms with Crippen molar-refractivity contribution >= 4 is 18.0 Å². The zero-order chi connectivity index (χ0) is 9.14. The summed E-state index contributed by atoms with van der Waals surface area (Å²) in [4.78, 5) is 36.1. The second kappa shape index (κ2) is 3.04. The van der Waals surface area contributed by atoms with Crippen LogP contribution >= 0.6 is 0 Å². The lowest BCUT2D eigenvalue weighted by Gasteiger charge is -2.10. The Bertz CT molecular complexity index is 251. The van der Waals surface area contributed by atoms with E-state index in [0.29, 0.717) is 5.06 Å². The fourth-order valence-corrected chi connectivity index (χ4v) is 0.588. The molecule has 1 aliphatic heterocycles. The van der Waals surface area contributed by atoms with E-state index in [9.17, 15) is 14.4 Å². The molecule has 1 rings (SSSR count). The molecule has 2 amide bonds. The third-order valence-electron chi connectivity index (χ3n) is 1.10. The third-order valence-corrected chi connectivity index (χ3v) is 1.10. The van der Waals surface area contributed by atoms with Crippen LogP contribution in [-0.4, -0.2) is 30.1 Å². The maximum Gasteiger partial charge on any atom is 0.533 e. The first kappa shape index (κ1) is 8.25. The quantitative estimate of drug-likeness (QED) is 0.396. The fourth-order valence-electron chi connectivity index (χ4n) is 0.588. The molecule has 1 heterocycles. The Kier molecular flexibility index (Phi) is 2.09. The first-order valence-electron chi connectivity index (χ1n) is 2.97. The number of methoxy groups -OCH3 is 1. The van der Waals surface area contributed by atoms with Crippen molar-refractivity contribution in [2.45, 2.75) is 0 Å². The van der Waals surface area contributed by atoms with E-state index < -0.39 is 18.0 Å². The summed E-state index contributed by atoms with van der Waals surface area (Å²) in [5.74, 6) is -1.41. The van der Waals surface area contributed by atoms with Gasteiger partial charge in [-0.15, -0.1) is 0 Å². The molecule has 0 aromatic heterocycles. The van der Waals surface area contributed by atoms with E-state index in [4.69, 9.17) is 0 Å². The molecule has 64 valence electrons. The van der Waals surface area contributed by atoms with Crippen LogP contribution in [0.1, 0.15) is 0 Å². The molecule has 0 saturated heterocycles. The molecule has 0 atom stereocenters. The molecule has 0 radical (unpaired) electrons. The van der Waals surface area contributed by atoms with Gasteiger partial charge in [-0.3, -0.25) is 14.4 Å². The van der Waals surface area contributed by atoms with Gasteiger partial charge in [0.05, 0.1) is 7.11 Å². The first-order chi connectivity index (χ1) is 5.65. The van der Waals surface area contributed by atoms with Gasteiger partial charge in [0.1, 0.15) is 0 Å². The predicted octanol–water partition coefficient (Wildman–Crippen LogP) is -0.391. The van der Waals surface area contributed by atoms with Crippen LogP contribution in [0.2, 0.25) is 0 Å². The smallest absolute Gasteiger partial charge is 0.436 e. The molecule has 0 N–H and O–H groups in total. The zero-order valence-corrected chi connectivity index (χ0v) is 6.14. The summed E-state index contributed by atoms with van der Waals surface area (Å²) in [6, 6.07) is 0. The van der Waals surface area contributed by atoms with E-state index >= 15 is 0 Å². The molecule has 0 aliphatic carbocycles. The summed E-state index contributed by atoms with van der Waals surface area (Å²) in [7, 11) is 1.07. The SMILES string of the molecule is COC(=O)ON1C(=O)C=CC1=O. The summed E-state index contributed by atoms with van der Waals surface area (Å²) in [5, 5.41) is 0.311. The first-order valence-corrected chi connectivity index (χ1v) is 2.97. The highest BCUT2D eigenvalue weighted by Gasteiger charge is 2.28. The average molecular weight is 171 g/mol. The van der Waals surface area contributed by atoms with Crippen molar-refractivity contribution in [1.29, 1.82) is 0 Å². The van der Waals surface area contributed by atoms with Crippen LogP contribution in [0, 0.1) is 0 Å². The Balaban J connectivity index is 2.59. The lowest BCUT2D eigenvalue weighted by atomic mass is 10.6. The fraction of sp³-hybridized carbons (Fsp3) is 0.167. The zero-order valence-electron chi connectivity index (χ0n) is 6.14. The van der Waals surface area contributed by atoms with Crippen molar-refractivity contribution in [3.05, 3.63) is 12.2 Å². The van der Waals surface area contributed by atoms with E-state index in [-0.39, 0.29) is 0 Å². The highest BCUT2D eigenvalue weighted by molar-refractivity contribution is 6.12. The van der Waals surface area contributed by atoms with Crippen LogP contribution in [0.3, 0.4) is 0 Å². The Hall–Kier alpha value is -1.85. The number of hydrogen-bond donors (Lipinski definition) is 0. The molecule has 0 aromatic rings. The van der Waals surface area contributed by atoms with Gasteiger partial charge < -0.3 is 4.74 Å². The Labute approximate surface area is 67.3 Å². The molecule has 1 aliphatic rings. The highest BCUT2D eigenvalue weighted by atomic mass is 16.8. The molecule has 0 spiro atoms. The van der Waals surface area contributed by atoms with Gasteiger partial charge in [-0.25, -0.2) is 4.79 Å². The standard InChI is InChI=1S/C6H5NO5/c1-11-6(10)12-7-4(8)2-3-5(7)9/h2-3H,1H3. The number of amides is 2. The monoisotopic (exact) mass is 171 g/mol. The average Bonchev–Trinajstić information content (AvgIpc) is 2.35. The van der Waals surface area contributed by atoms with Crippen molar-refractivity contribution in [1.82, 2.24) is 5.06 Å². The van der Waals surface area contributed by atoms with Gasteiger partial charge in [-0.05, 0) is 0 Å². The van der Waals surface area contributed by atoms with E-state index in [1.54, 1.807) is 0 Å². The number of rotatable bonds is 1. The minimum absolute atomic E-state index is 0.311. The van der Waals surface area contributed by atoms with Crippen LogP contribution in [-0.2, 0) is 19.2 Å². The minimum atomic E-state index is -1.11. The summed E-state index contributed by atoms with van der Waals surface area (Å²) in [6.45, 7) is 0. The number of carbonyl (C=O) groups excluding carboxylic acids is 3. The van der Waals surface area contributed by atoms with Crippen LogP contribution in [0.5, 0.6) is 0 Å².